The Kier molecular flexibility index (Phi) is 12.3. The first-order valence-corrected chi connectivity index (χ1v) is 19.8. The lowest BCUT2D eigenvalue weighted by Crippen LogP contribution is -2.45. The number of hydrogen-bond donors (Lipinski definition) is 16. The van der Waals surface area contributed by atoms with Crippen LogP contribution in [-0.4, -0.2) is 124 Å². The molecule has 0 saturated carbocycles. The lowest BCUT2D eigenvalue weighted by atomic mass is 9.82. The second kappa shape index (κ2) is 18.0. The average molecular weight is 963 g/mol. The van der Waals surface area contributed by atoms with Gasteiger partial charge in [0, 0.05) is 47.7 Å². The second-order valence-corrected chi connectivity index (χ2v) is 15.5. The Balaban J connectivity index is 1.37. The molecule has 362 valence electrons. The highest BCUT2D eigenvalue weighted by Crippen LogP contribution is 2.50. The molecule has 0 amide bonds. The van der Waals surface area contributed by atoms with Gasteiger partial charge in [-0.1, -0.05) is 0 Å². The largest absolute Gasteiger partial charge is 0.509 e. The summed E-state index contributed by atoms with van der Waals surface area (Å²) in [7, 11) is 0. The van der Waals surface area contributed by atoms with Crippen LogP contribution < -0.4 is 9.47 Å². The number of benzene rings is 5. The average Bonchev–Trinajstić information content (AvgIpc) is 3.27. The molecule has 2 heterocycles. The first-order valence-electron chi connectivity index (χ1n) is 19.8. The van der Waals surface area contributed by atoms with Crippen molar-refractivity contribution < 1.29 is 120 Å². The van der Waals surface area contributed by atoms with Crippen LogP contribution in [0.4, 0.5) is 0 Å². The normalized spacial score (nSPS) is 18.2. The van der Waals surface area contributed by atoms with E-state index in [2.05, 4.69) is 0 Å². The molecule has 24 heteroatoms. The highest BCUT2D eigenvalue weighted by atomic mass is 16.7. The summed E-state index contributed by atoms with van der Waals surface area (Å²) in [5.74, 6) is -22.9. The van der Waals surface area contributed by atoms with E-state index < -0.39 is 181 Å². The van der Waals surface area contributed by atoms with Gasteiger partial charge in [0.05, 0.1) is 22.6 Å². The molecule has 2 aliphatic heterocycles. The van der Waals surface area contributed by atoms with E-state index in [1.807, 2.05) is 0 Å². The van der Waals surface area contributed by atoms with E-state index in [1.165, 1.54) is 0 Å². The fraction of sp³-hybridized carbons (Fsp3) is 0.178. The number of allylic oxidation sites excluding steroid dienone is 1. The summed E-state index contributed by atoms with van der Waals surface area (Å²) >= 11 is 0. The van der Waals surface area contributed by atoms with Gasteiger partial charge >= 0.3 is 17.9 Å². The second-order valence-electron chi connectivity index (χ2n) is 15.5. The highest BCUT2D eigenvalue weighted by Gasteiger charge is 2.45. The molecule has 5 aromatic carbocycles. The number of fused-ring (bicyclic) bond motifs is 2. The van der Waals surface area contributed by atoms with Crippen molar-refractivity contribution in [2.75, 3.05) is 0 Å². The SMILES string of the molecule is C/C(O)=C(O)\C(O)=C/C(c1c(C(=O)O[C@H]2Cc3cc(O)cc(O)c3O[C@H]2OC(=O)c2cc(O)c(O)c(O)c2)cc(O)c(O)c1O)[C@H]1Oc2cc(O)cc(O)c2C[C@H]1OC(=O)c1cc(O)c(O)c(O)c1. The minimum absolute atomic E-state index is 0.0674. The maximum Gasteiger partial charge on any atom is 0.341 e. The number of carbonyl (C=O) groups is 3. The molecule has 0 saturated heterocycles. The zero-order valence-corrected chi connectivity index (χ0v) is 35.0. The predicted octanol–water partition coefficient (Wildman–Crippen LogP) is 4.31. The molecule has 5 aromatic rings. The summed E-state index contributed by atoms with van der Waals surface area (Å²) in [5, 5.41) is 167. The van der Waals surface area contributed by atoms with Crippen molar-refractivity contribution in [3.8, 4) is 86.2 Å². The molecule has 7 rings (SSSR count). The highest BCUT2D eigenvalue weighted by molar-refractivity contribution is 5.95. The van der Waals surface area contributed by atoms with Gasteiger partial charge in [0.25, 0.3) is 6.29 Å². The number of aliphatic hydroxyl groups excluding tert-OH is 3. The molecule has 2 aliphatic rings. The number of phenols is 13. The molecule has 0 bridgehead atoms. The maximum atomic E-state index is 14.6. The molecule has 69 heavy (non-hydrogen) atoms. The fourth-order valence-electron chi connectivity index (χ4n) is 7.49. The van der Waals surface area contributed by atoms with Gasteiger partial charge in [-0.05, 0) is 49.4 Å². The van der Waals surface area contributed by atoms with Crippen molar-refractivity contribution in [2.45, 2.75) is 50.3 Å². The number of hydrogen-bond acceptors (Lipinski definition) is 24. The zero-order chi connectivity index (χ0) is 50.5. The number of rotatable bonds is 10. The van der Waals surface area contributed by atoms with Crippen LogP contribution in [0.2, 0.25) is 0 Å². The van der Waals surface area contributed by atoms with Crippen molar-refractivity contribution in [3.63, 3.8) is 0 Å². The van der Waals surface area contributed by atoms with E-state index in [4.69, 9.17) is 23.7 Å². The number of phenolic OH excluding ortho intramolecular Hbond substituents is 13. The Bertz CT molecular complexity index is 2960. The van der Waals surface area contributed by atoms with Crippen LogP contribution in [0.5, 0.6) is 86.2 Å². The zero-order valence-electron chi connectivity index (χ0n) is 35.0. The third kappa shape index (κ3) is 9.16. The van der Waals surface area contributed by atoms with Gasteiger partial charge in [0.1, 0.15) is 41.0 Å². The van der Waals surface area contributed by atoms with Crippen LogP contribution in [0.15, 0.2) is 78.0 Å². The van der Waals surface area contributed by atoms with Gasteiger partial charge in [0.2, 0.25) is 5.75 Å². The monoisotopic (exact) mass is 962 g/mol. The third-order valence-electron chi connectivity index (χ3n) is 10.8. The summed E-state index contributed by atoms with van der Waals surface area (Å²) in [4.78, 5) is 41.7. The smallest absolute Gasteiger partial charge is 0.341 e. The van der Waals surface area contributed by atoms with E-state index in [1.54, 1.807) is 0 Å². The van der Waals surface area contributed by atoms with Crippen molar-refractivity contribution in [1.29, 1.82) is 0 Å². The number of ether oxygens (including phenoxy) is 5. The maximum absolute atomic E-state index is 14.6. The van der Waals surface area contributed by atoms with Crippen LogP contribution in [-0.2, 0) is 27.1 Å². The van der Waals surface area contributed by atoms with Crippen molar-refractivity contribution in [3.05, 3.63) is 111 Å². The molecule has 0 spiro atoms. The first-order chi connectivity index (χ1) is 32.4. The Morgan fingerprint density at radius 3 is 1.67 bits per heavy atom. The van der Waals surface area contributed by atoms with Gasteiger partial charge in [0.15, 0.2) is 75.1 Å². The molecule has 24 nitrogen and oxygen atoms in total. The molecular formula is C45H38O24. The lowest BCUT2D eigenvalue weighted by molar-refractivity contribution is -0.127. The van der Waals surface area contributed by atoms with E-state index in [0.29, 0.717) is 36.4 Å². The van der Waals surface area contributed by atoms with Crippen LogP contribution in [0.25, 0.3) is 0 Å². The lowest BCUT2D eigenvalue weighted by Gasteiger charge is -2.38. The van der Waals surface area contributed by atoms with Crippen LogP contribution in [0, 0.1) is 0 Å². The summed E-state index contributed by atoms with van der Waals surface area (Å²) in [5.41, 5.74) is -3.28. The van der Waals surface area contributed by atoms with Gasteiger partial charge < -0.3 is 105 Å². The van der Waals surface area contributed by atoms with E-state index in [9.17, 15) is 96.1 Å². The molecule has 5 atom stereocenters. The summed E-state index contributed by atoms with van der Waals surface area (Å²) < 4.78 is 28.7. The van der Waals surface area contributed by atoms with Crippen molar-refractivity contribution >= 4 is 17.9 Å². The number of aromatic hydroxyl groups is 13. The van der Waals surface area contributed by atoms with Crippen molar-refractivity contribution in [2.24, 2.45) is 0 Å². The summed E-state index contributed by atoms with van der Waals surface area (Å²) in [6.07, 6.45) is -8.34. The van der Waals surface area contributed by atoms with Crippen molar-refractivity contribution in [1.82, 2.24) is 0 Å². The minimum atomic E-state index is -2.10. The topological polar surface area (TPSA) is 421 Å². The molecule has 1 unspecified atom stereocenters. The minimum Gasteiger partial charge on any atom is -0.509 e. The number of aliphatic hydroxyl groups is 3. The fourth-order valence-corrected chi connectivity index (χ4v) is 7.49. The molecule has 0 fully saturated rings. The quantitative estimate of drug-likeness (QED) is 0.0305. The summed E-state index contributed by atoms with van der Waals surface area (Å²) in [6, 6.07) is 7.03. The van der Waals surface area contributed by atoms with E-state index in [-0.39, 0.29) is 16.9 Å². The standard InChI is InChI=1S/C45H38O24/c1-14(46)35(57)28(54)11-21(41-32(13-20-23(49)8-19(48)10-31(20)65-41)66-42(62)16-3-24(50)36(58)25(51)4-16)34-22(12-29(55)38(60)39(34)61)44(64)67-33-7-15-2-18(47)9-30(56)40(15)68-45(33)69-43(63)17-5-26(52)37(59)27(53)6-17/h2-6,8-12,21,32-33,41,45-61H,7,13H2,1H3/b28-11+,35-14-/t21?,32-,33+,41-,45+/m1/s1. The van der Waals surface area contributed by atoms with Crippen LogP contribution in [0.3, 0.4) is 0 Å². The number of esters is 3. The van der Waals surface area contributed by atoms with Gasteiger partial charge in [-0.15, -0.1) is 0 Å². The van der Waals surface area contributed by atoms with E-state index >= 15 is 0 Å². The Morgan fingerprint density at radius 1 is 0.565 bits per heavy atom. The number of carbonyl (C=O) groups excluding carboxylic acids is 3. The molecule has 16 N–H and O–H groups in total. The van der Waals surface area contributed by atoms with E-state index in [0.717, 1.165) is 31.2 Å². The Hall–Kier alpha value is -9.61. The van der Waals surface area contributed by atoms with Gasteiger partial charge in [-0.25, -0.2) is 14.4 Å². The summed E-state index contributed by atoms with van der Waals surface area (Å²) in [6.45, 7) is 0.924. The Labute approximate surface area is 385 Å². The van der Waals surface area contributed by atoms with Gasteiger partial charge in [-0.2, -0.15) is 0 Å². The Morgan fingerprint density at radius 2 is 1.09 bits per heavy atom. The molecular weight excluding hydrogens is 924 g/mol. The third-order valence-corrected chi connectivity index (χ3v) is 10.8. The molecule has 0 radical (unpaired) electrons. The molecule has 0 aliphatic carbocycles. The van der Waals surface area contributed by atoms with Crippen LogP contribution >= 0.6 is 0 Å². The van der Waals surface area contributed by atoms with Gasteiger partial charge in [-0.3, -0.25) is 0 Å². The molecule has 0 aromatic heterocycles. The predicted molar refractivity (Wildman–Crippen MR) is 225 cm³/mol. The van der Waals surface area contributed by atoms with Crippen LogP contribution in [0.1, 0.15) is 60.6 Å². The first kappa shape index (κ1) is 47.4.